The molecule has 0 spiro atoms. The van der Waals surface area contributed by atoms with Gasteiger partial charge in [-0.1, -0.05) is 74.0 Å². The van der Waals surface area contributed by atoms with Gasteiger partial charge in [-0.05, 0) is 58.4 Å². The summed E-state index contributed by atoms with van der Waals surface area (Å²) in [6.45, 7) is 4.50. The van der Waals surface area contributed by atoms with Gasteiger partial charge in [0.15, 0.2) is 0 Å². The Labute approximate surface area is 176 Å². The van der Waals surface area contributed by atoms with Gasteiger partial charge in [0.2, 0.25) is 5.91 Å². The van der Waals surface area contributed by atoms with Gasteiger partial charge in [-0.2, -0.15) is 0 Å². The lowest BCUT2D eigenvalue weighted by molar-refractivity contribution is -0.123. The standard InChI is InChI=1S/C26H24ClNO/c1-15(2)22-23-18-7-3-5-9-20(18)24(21-10-6-4-8-19(21)23)25(22)26(29)28-17-13-11-16(27)12-14-17/h3-15,22-25H,1-2H3,(H,28,29)/t22-,23?,24?,25-/m0/s1. The predicted octanol–water partition coefficient (Wildman–Crippen LogP) is 6.46. The van der Waals surface area contributed by atoms with E-state index in [4.69, 9.17) is 11.6 Å². The van der Waals surface area contributed by atoms with Crippen molar-refractivity contribution in [2.75, 3.05) is 5.32 Å². The highest BCUT2D eigenvalue weighted by atomic mass is 35.5. The maximum Gasteiger partial charge on any atom is 0.228 e. The van der Waals surface area contributed by atoms with Crippen LogP contribution in [0.15, 0.2) is 72.8 Å². The average Bonchev–Trinajstić information content (AvgIpc) is 2.74. The maximum atomic E-state index is 13.6. The minimum Gasteiger partial charge on any atom is -0.326 e. The Morgan fingerprint density at radius 3 is 1.76 bits per heavy atom. The zero-order chi connectivity index (χ0) is 20.1. The summed E-state index contributed by atoms with van der Waals surface area (Å²) in [6, 6.07) is 24.7. The van der Waals surface area contributed by atoms with E-state index >= 15 is 0 Å². The largest absolute Gasteiger partial charge is 0.326 e. The molecule has 2 bridgehead atoms. The summed E-state index contributed by atoms with van der Waals surface area (Å²) in [4.78, 5) is 13.6. The topological polar surface area (TPSA) is 29.1 Å². The number of anilines is 1. The molecule has 2 nitrogen and oxygen atoms in total. The molecule has 0 unspecified atom stereocenters. The fourth-order valence-electron chi connectivity index (χ4n) is 5.61. The van der Waals surface area contributed by atoms with Crippen molar-refractivity contribution in [3.63, 3.8) is 0 Å². The third kappa shape index (κ3) is 2.89. The molecule has 3 heteroatoms. The van der Waals surface area contributed by atoms with Crippen LogP contribution >= 0.6 is 11.6 Å². The van der Waals surface area contributed by atoms with Crippen molar-refractivity contribution in [2.24, 2.45) is 17.8 Å². The number of nitrogens with one attached hydrogen (secondary N) is 1. The van der Waals surface area contributed by atoms with Crippen LogP contribution in [0.25, 0.3) is 0 Å². The third-order valence-electron chi connectivity index (χ3n) is 6.68. The molecule has 6 rings (SSSR count). The molecular formula is C26H24ClNO. The molecule has 0 radical (unpaired) electrons. The number of benzene rings is 3. The van der Waals surface area contributed by atoms with Gasteiger partial charge in [0.25, 0.3) is 0 Å². The first-order chi connectivity index (χ1) is 14.1. The van der Waals surface area contributed by atoms with E-state index in [1.807, 2.05) is 24.3 Å². The lowest BCUT2D eigenvalue weighted by atomic mass is 9.52. The van der Waals surface area contributed by atoms with Gasteiger partial charge in [0.05, 0.1) is 5.92 Å². The molecule has 3 aliphatic carbocycles. The Morgan fingerprint density at radius 2 is 1.28 bits per heavy atom. The molecule has 0 aromatic heterocycles. The van der Waals surface area contributed by atoms with Crippen LogP contribution in [0.1, 0.15) is 47.9 Å². The second-order valence-corrected chi connectivity index (χ2v) is 8.99. The van der Waals surface area contributed by atoms with Crippen molar-refractivity contribution in [3.8, 4) is 0 Å². The molecule has 3 aromatic carbocycles. The van der Waals surface area contributed by atoms with Crippen molar-refractivity contribution in [1.82, 2.24) is 0 Å². The zero-order valence-electron chi connectivity index (χ0n) is 16.6. The smallest absolute Gasteiger partial charge is 0.228 e. The van der Waals surface area contributed by atoms with E-state index in [-0.39, 0.29) is 29.6 Å². The molecule has 146 valence electrons. The molecule has 0 saturated heterocycles. The van der Waals surface area contributed by atoms with Gasteiger partial charge < -0.3 is 5.32 Å². The lowest BCUT2D eigenvalue weighted by Crippen LogP contribution is -2.47. The van der Waals surface area contributed by atoms with E-state index in [1.165, 1.54) is 22.3 Å². The summed E-state index contributed by atoms with van der Waals surface area (Å²) in [5, 5.41) is 3.84. The van der Waals surface area contributed by atoms with Crippen molar-refractivity contribution >= 4 is 23.2 Å². The van der Waals surface area contributed by atoms with Crippen LogP contribution < -0.4 is 5.32 Å². The number of fused-ring (bicyclic) bond motifs is 1. The molecule has 29 heavy (non-hydrogen) atoms. The van der Waals surface area contributed by atoms with Crippen LogP contribution in [0.5, 0.6) is 0 Å². The summed E-state index contributed by atoms with van der Waals surface area (Å²) >= 11 is 6.01. The lowest BCUT2D eigenvalue weighted by Gasteiger charge is -2.51. The van der Waals surface area contributed by atoms with Gasteiger partial charge in [0, 0.05) is 22.5 Å². The Bertz CT molecular complexity index is 1020. The monoisotopic (exact) mass is 401 g/mol. The van der Waals surface area contributed by atoms with Gasteiger partial charge in [0.1, 0.15) is 0 Å². The van der Waals surface area contributed by atoms with E-state index in [2.05, 4.69) is 67.7 Å². The molecule has 3 aromatic rings. The quantitative estimate of drug-likeness (QED) is 0.536. The molecule has 1 amide bonds. The minimum absolute atomic E-state index is 0.0899. The molecular weight excluding hydrogens is 378 g/mol. The minimum atomic E-state index is -0.0968. The predicted molar refractivity (Wildman–Crippen MR) is 118 cm³/mol. The average molecular weight is 402 g/mol. The molecule has 0 fully saturated rings. The second-order valence-electron chi connectivity index (χ2n) is 8.56. The van der Waals surface area contributed by atoms with Crippen LogP contribution in [-0.4, -0.2) is 5.91 Å². The number of carbonyl (C=O) groups excluding carboxylic acids is 1. The Kier molecular flexibility index (Phi) is 4.48. The van der Waals surface area contributed by atoms with Crippen LogP contribution in [0.3, 0.4) is 0 Å². The number of halogens is 1. The summed E-state index contributed by atoms with van der Waals surface area (Å²) in [6.07, 6.45) is 0. The molecule has 1 N–H and O–H groups in total. The van der Waals surface area contributed by atoms with E-state index in [0.29, 0.717) is 10.9 Å². The number of amides is 1. The number of hydrogen-bond acceptors (Lipinski definition) is 1. The fourth-order valence-corrected chi connectivity index (χ4v) is 5.73. The number of hydrogen-bond donors (Lipinski definition) is 1. The zero-order valence-corrected chi connectivity index (χ0v) is 17.4. The summed E-state index contributed by atoms with van der Waals surface area (Å²) in [5.74, 6) is 1.01. The molecule has 0 saturated carbocycles. The van der Waals surface area contributed by atoms with Crippen LogP contribution in [0.4, 0.5) is 5.69 Å². The third-order valence-corrected chi connectivity index (χ3v) is 6.93. The van der Waals surface area contributed by atoms with E-state index in [9.17, 15) is 4.79 Å². The van der Waals surface area contributed by atoms with Crippen molar-refractivity contribution in [3.05, 3.63) is 100 Å². The Hall–Kier alpha value is -2.58. The van der Waals surface area contributed by atoms with E-state index in [0.717, 1.165) is 5.69 Å². The van der Waals surface area contributed by atoms with Crippen LogP contribution in [0, 0.1) is 17.8 Å². The molecule has 3 aliphatic rings. The number of rotatable bonds is 3. The molecule has 2 atom stereocenters. The van der Waals surface area contributed by atoms with E-state index < -0.39 is 0 Å². The number of carbonyl (C=O) groups is 1. The normalized spacial score (nSPS) is 24.1. The van der Waals surface area contributed by atoms with Gasteiger partial charge >= 0.3 is 0 Å². The Balaban J connectivity index is 1.63. The van der Waals surface area contributed by atoms with Crippen molar-refractivity contribution in [1.29, 1.82) is 0 Å². The SMILES string of the molecule is CC(C)[C@H]1C2c3ccccc3C(c3ccccc32)[C@H]1C(=O)Nc1ccc(Cl)cc1. The van der Waals surface area contributed by atoms with Gasteiger partial charge in [-0.3, -0.25) is 4.79 Å². The van der Waals surface area contributed by atoms with Crippen molar-refractivity contribution in [2.45, 2.75) is 25.7 Å². The summed E-state index contributed by atoms with van der Waals surface area (Å²) in [5.41, 5.74) is 6.20. The molecule has 0 heterocycles. The van der Waals surface area contributed by atoms with Gasteiger partial charge in [-0.25, -0.2) is 0 Å². The summed E-state index contributed by atoms with van der Waals surface area (Å²) in [7, 11) is 0. The maximum absolute atomic E-state index is 13.6. The highest BCUT2D eigenvalue weighted by molar-refractivity contribution is 6.30. The first-order valence-electron chi connectivity index (χ1n) is 10.3. The highest BCUT2D eigenvalue weighted by Crippen LogP contribution is 2.60. The first kappa shape index (κ1) is 18.4. The summed E-state index contributed by atoms with van der Waals surface area (Å²) < 4.78 is 0. The Morgan fingerprint density at radius 1 is 0.793 bits per heavy atom. The van der Waals surface area contributed by atoms with Crippen LogP contribution in [-0.2, 0) is 4.79 Å². The fraction of sp³-hybridized carbons (Fsp3) is 0.269. The molecule has 0 aliphatic heterocycles. The van der Waals surface area contributed by atoms with Crippen LogP contribution in [0.2, 0.25) is 5.02 Å². The van der Waals surface area contributed by atoms with Crippen molar-refractivity contribution < 1.29 is 4.79 Å². The first-order valence-corrected chi connectivity index (χ1v) is 10.7. The van der Waals surface area contributed by atoms with Gasteiger partial charge in [-0.15, -0.1) is 0 Å². The second kappa shape index (κ2) is 7.03. The van der Waals surface area contributed by atoms with E-state index in [1.54, 1.807) is 0 Å². The highest BCUT2D eigenvalue weighted by Gasteiger charge is 2.53.